The van der Waals surface area contributed by atoms with E-state index in [0.717, 1.165) is 16.2 Å². The first kappa shape index (κ1) is 13.4. The summed E-state index contributed by atoms with van der Waals surface area (Å²) in [5, 5.41) is 2.11. The van der Waals surface area contributed by atoms with Gasteiger partial charge in [-0.15, -0.1) is 11.3 Å². The van der Waals surface area contributed by atoms with Crippen molar-refractivity contribution < 1.29 is 18.0 Å². The van der Waals surface area contributed by atoms with E-state index in [1.165, 1.54) is 6.07 Å². The second-order valence-corrected chi connectivity index (χ2v) is 5.08. The molecule has 0 fully saturated rings. The van der Waals surface area contributed by atoms with E-state index in [1.807, 2.05) is 0 Å². The Hall–Kier alpha value is -2.02. The number of benzene rings is 1. The Balaban J connectivity index is 2.29. The normalized spacial score (nSPS) is 10.5. The second-order valence-electron chi connectivity index (χ2n) is 3.83. The quantitative estimate of drug-likeness (QED) is 0.832. The van der Waals surface area contributed by atoms with E-state index < -0.39 is 29.0 Å². The van der Waals surface area contributed by atoms with Crippen molar-refractivity contribution in [1.29, 1.82) is 0 Å². The number of hydrogen-bond acceptors (Lipinski definition) is 3. The maximum absolute atomic E-state index is 13.4. The largest absolute Gasteiger partial charge is 0.398 e. The Bertz CT molecular complexity index is 635. The molecular formula is C12H9F3N2OS. The number of nitrogen functional groups attached to an aromatic ring is 1. The van der Waals surface area contributed by atoms with Crippen LogP contribution in [-0.2, 0) is 0 Å². The van der Waals surface area contributed by atoms with Gasteiger partial charge in [-0.05, 0) is 13.0 Å². The van der Waals surface area contributed by atoms with E-state index in [4.69, 9.17) is 5.73 Å². The van der Waals surface area contributed by atoms with Crippen molar-refractivity contribution in [2.75, 3.05) is 11.1 Å². The van der Waals surface area contributed by atoms with E-state index in [1.54, 1.807) is 6.92 Å². The molecule has 0 saturated carbocycles. The zero-order valence-corrected chi connectivity index (χ0v) is 10.6. The molecule has 1 aromatic heterocycles. The first-order valence-corrected chi connectivity index (χ1v) is 6.02. The highest BCUT2D eigenvalue weighted by molar-refractivity contribution is 7.14. The van der Waals surface area contributed by atoms with Gasteiger partial charge in [0.1, 0.15) is 5.82 Å². The summed E-state index contributed by atoms with van der Waals surface area (Å²) in [7, 11) is 0. The van der Waals surface area contributed by atoms with E-state index in [0.29, 0.717) is 17.8 Å². The lowest BCUT2D eigenvalue weighted by Crippen LogP contribution is -2.12. The Labute approximate surface area is 110 Å². The molecule has 0 aliphatic rings. The molecule has 0 unspecified atom stereocenters. The van der Waals surface area contributed by atoms with Crippen LogP contribution in [0.5, 0.6) is 0 Å². The highest BCUT2D eigenvalue weighted by Gasteiger charge is 2.16. The number of thiophene rings is 1. The number of nitrogens with one attached hydrogen (secondary N) is 1. The fourth-order valence-electron chi connectivity index (χ4n) is 1.44. The van der Waals surface area contributed by atoms with Gasteiger partial charge in [0.25, 0.3) is 5.91 Å². The summed E-state index contributed by atoms with van der Waals surface area (Å²) in [6.07, 6.45) is 0. The molecular weight excluding hydrogens is 277 g/mol. The van der Waals surface area contributed by atoms with Crippen molar-refractivity contribution >= 4 is 28.6 Å². The molecule has 1 heterocycles. The summed E-state index contributed by atoms with van der Waals surface area (Å²) in [6, 6.07) is 2.53. The Morgan fingerprint density at radius 1 is 1.26 bits per heavy atom. The standard InChI is InChI=1S/C12H9F3N2OS/c1-5-8(16)4-10(19-5)12(18)17-9-3-6(13)2-7(14)11(9)15/h2-4H,16H2,1H3,(H,17,18). The van der Waals surface area contributed by atoms with Crippen molar-refractivity contribution in [1.82, 2.24) is 0 Å². The van der Waals surface area contributed by atoms with Crippen LogP contribution in [0, 0.1) is 24.4 Å². The third kappa shape index (κ3) is 2.70. The van der Waals surface area contributed by atoms with Crippen LogP contribution in [0.4, 0.5) is 24.5 Å². The van der Waals surface area contributed by atoms with Gasteiger partial charge >= 0.3 is 0 Å². The van der Waals surface area contributed by atoms with Gasteiger partial charge in [0.15, 0.2) is 11.6 Å². The number of hydrogen-bond donors (Lipinski definition) is 2. The second kappa shape index (κ2) is 4.93. The van der Waals surface area contributed by atoms with Crippen LogP contribution >= 0.6 is 11.3 Å². The minimum absolute atomic E-state index is 0.235. The number of carbonyl (C=O) groups is 1. The maximum Gasteiger partial charge on any atom is 0.265 e. The van der Waals surface area contributed by atoms with Gasteiger partial charge in [-0.1, -0.05) is 0 Å². The molecule has 1 aromatic carbocycles. The van der Waals surface area contributed by atoms with Gasteiger partial charge in [0.05, 0.1) is 10.6 Å². The molecule has 0 aliphatic carbocycles. The molecule has 19 heavy (non-hydrogen) atoms. The summed E-state index contributed by atoms with van der Waals surface area (Å²) in [5.41, 5.74) is 5.47. The van der Waals surface area contributed by atoms with Crippen molar-refractivity contribution in [2.24, 2.45) is 0 Å². The first-order chi connectivity index (χ1) is 8.88. The number of nitrogens with two attached hydrogens (primary N) is 1. The predicted octanol–water partition coefficient (Wildman–Crippen LogP) is 3.31. The lowest BCUT2D eigenvalue weighted by Gasteiger charge is -2.05. The van der Waals surface area contributed by atoms with Gasteiger partial charge in [-0.2, -0.15) is 0 Å². The zero-order valence-electron chi connectivity index (χ0n) is 9.76. The lowest BCUT2D eigenvalue weighted by molar-refractivity contribution is 0.103. The van der Waals surface area contributed by atoms with E-state index in [9.17, 15) is 18.0 Å². The molecule has 2 aromatic rings. The molecule has 0 atom stereocenters. The fraction of sp³-hybridized carbons (Fsp3) is 0.0833. The van der Waals surface area contributed by atoms with Gasteiger partial charge < -0.3 is 11.1 Å². The molecule has 2 rings (SSSR count). The summed E-state index contributed by atoms with van der Waals surface area (Å²) in [5.74, 6) is -4.32. The van der Waals surface area contributed by atoms with Crippen LogP contribution in [0.25, 0.3) is 0 Å². The van der Waals surface area contributed by atoms with Crippen molar-refractivity contribution in [3.8, 4) is 0 Å². The fourth-order valence-corrected chi connectivity index (χ4v) is 2.28. The van der Waals surface area contributed by atoms with Gasteiger partial charge in [-0.25, -0.2) is 13.2 Å². The van der Waals surface area contributed by atoms with Crippen molar-refractivity contribution in [2.45, 2.75) is 6.92 Å². The molecule has 1 amide bonds. The highest BCUT2D eigenvalue weighted by Crippen LogP contribution is 2.25. The molecule has 0 spiro atoms. The summed E-state index contributed by atoms with van der Waals surface area (Å²) in [6.45, 7) is 1.72. The topological polar surface area (TPSA) is 55.1 Å². The van der Waals surface area contributed by atoms with Crippen LogP contribution in [0.1, 0.15) is 14.5 Å². The monoisotopic (exact) mass is 286 g/mol. The number of amides is 1. The predicted molar refractivity (Wildman–Crippen MR) is 67.7 cm³/mol. The Kier molecular flexibility index (Phi) is 3.48. The minimum Gasteiger partial charge on any atom is -0.398 e. The van der Waals surface area contributed by atoms with E-state index >= 15 is 0 Å². The molecule has 7 heteroatoms. The van der Waals surface area contributed by atoms with Crippen LogP contribution in [-0.4, -0.2) is 5.91 Å². The van der Waals surface area contributed by atoms with Crippen molar-refractivity contribution in [3.05, 3.63) is 45.4 Å². The molecule has 0 saturated heterocycles. The van der Waals surface area contributed by atoms with Gasteiger partial charge in [0, 0.05) is 22.7 Å². The summed E-state index contributed by atoms with van der Waals surface area (Å²) in [4.78, 5) is 12.8. The van der Waals surface area contributed by atoms with Crippen molar-refractivity contribution in [3.63, 3.8) is 0 Å². The van der Waals surface area contributed by atoms with Crippen LogP contribution < -0.4 is 11.1 Å². The minimum atomic E-state index is -1.36. The van der Waals surface area contributed by atoms with Gasteiger partial charge in [0.2, 0.25) is 0 Å². The van der Waals surface area contributed by atoms with Crippen LogP contribution in [0.2, 0.25) is 0 Å². The van der Waals surface area contributed by atoms with E-state index in [-0.39, 0.29) is 4.88 Å². The molecule has 0 aliphatic heterocycles. The summed E-state index contributed by atoms with van der Waals surface area (Å²) >= 11 is 1.11. The first-order valence-electron chi connectivity index (χ1n) is 5.20. The summed E-state index contributed by atoms with van der Waals surface area (Å²) < 4.78 is 39.3. The Morgan fingerprint density at radius 2 is 1.95 bits per heavy atom. The third-order valence-electron chi connectivity index (χ3n) is 2.42. The number of aryl methyl sites for hydroxylation is 1. The Morgan fingerprint density at radius 3 is 2.53 bits per heavy atom. The van der Waals surface area contributed by atoms with Gasteiger partial charge in [-0.3, -0.25) is 4.79 Å². The molecule has 100 valence electrons. The van der Waals surface area contributed by atoms with E-state index in [2.05, 4.69) is 5.32 Å². The maximum atomic E-state index is 13.4. The number of rotatable bonds is 2. The SMILES string of the molecule is Cc1sc(C(=O)Nc2cc(F)cc(F)c2F)cc1N. The van der Waals surface area contributed by atoms with Crippen LogP contribution in [0.3, 0.4) is 0 Å². The molecule has 3 nitrogen and oxygen atoms in total. The number of halogens is 3. The average molecular weight is 286 g/mol. The van der Waals surface area contributed by atoms with Crippen LogP contribution in [0.15, 0.2) is 18.2 Å². The molecule has 3 N–H and O–H groups in total. The molecule has 0 radical (unpaired) electrons. The number of carbonyl (C=O) groups excluding carboxylic acids is 1. The highest BCUT2D eigenvalue weighted by atomic mass is 32.1. The number of anilines is 2. The zero-order chi connectivity index (χ0) is 14.2. The third-order valence-corrected chi connectivity index (χ3v) is 3.49. The smallest absolute Gasteiger partial charge is 0.265 e. The average Bonchev–Trinajstić information content (AvgIpc) is 2.66. The lowest BCUT2D eigenvalue weighted by atomic mass is 10.2. The molecule has 0 bridgehead atoms.